The lowest BCUT2D eigenvalue weighted by molar-refractivity contribution is 0.362. The molecule has 2 fully saturated rings. The first-order valence-corrected chi connectivity index (χ1v) is 10.5. The van der Waals surface area contributed by atoms with Crippen LogP contribution in [0.1, 0.15) is 24.6 Å². The molecular formula is C22H19ClN6O2. The fraction of sp³-hybridized carbons (Fsp3) is 0.318. The summed E-state index contributed by atoms with van der Waals surface area (Å²) in [5.74, 6) is 1.85. The standard InChI is InChI=1S/C22H19ClN6O2/c1-22-11-28(14-5-2-4-13(23)8-14)9-16(22)18(22)20-26-17(31-27-20)10-29-12-25-19-15(21(29)30)6-3-7-24-19/h2-8,12,16,18H,9-11H2,1H3/t16-,18+,22?/m0/s1. The van der Waals surface area contributed by atoms with Gasteiger partial charge in [-0.1, -0.05) is 29.7 Å². The van der Waals surface area contributed by atoms with E-state index in [0.717, 1.165) is 29.6 Å². The van der Waals surface area contributed by atoms with Gasteiger partial charge in [0.1, 0.15) is 12.9 Å². The smallest absolute Gasteiger partial charge is 0.263 e. The summed E-state index contributed by atoms with van der Waals surface area (Å²) in [5.41, 5.74) is 1.51. The molecule has 4 heterocycles. The van der Waals surface area contributed by atoms with Crippen molar-refractivity contribution in [1.29, 1.82) is 0 Å². The third kappa shape index (κ3) is 2.93. The van der Waals surface area contributed by atoms with Gasteiger partial charge in [-0.15, -0.1) is 0 Å². The minimum atomic E-state index is -0.176. The summed E-state index contributed by atoms with van der Waals surface area (Å²) < 4.78 is 6.95. The number of anilines is 1. The van der Waals surface area contributed by atoms with E-state index in [4.69, 9.17) is 16.1 Å². The number of rotatable bonds is 4. The molecule has 0 N–H and O–H groups in total. The Balaban J connectivity index is 1.20. The third-order valence-corrected chi connectivity index (χ3v) is 6.87. The molecule has 0 amide bonds. The van der Waals surface area contributed by atoms with Gasteiger partial charge in [0, 0.05) is 41.3 Å². The van der Waals surface area contributed by atoms with Gasteiger partial charge in [-0.25, -0.2) is 9.97 Å². The number of nitrogens with zero attached hydrogens (tertiary/aromatic N) is 6. The number of aromatic nitrogens is 5. The SMILES string of the molecule is CC12CN(c3cccc(Cl)c3)C[C@H]1[C@@H]2c1noc(Cn2cnc3ncccc3c2=O)n1. The Labute approximate surface area is 182 Å². The first-order valence-electron chi connectivity index (χ1n) is 10.2. The quantitative estimate of drug-likeness (QED) is 0.487. The third-order valence-electron chi connectivity index (χ3n) is 6.64. The van der Waals surface area contributed by atoms with E-state index in [9.17, 15) is 4.79 Å². The van der Waals surface area contributed by atoms with E-state index in [1.165, 1.54) is 10.9 Å². The zero-order chi connectivity index (χ0) is 21.2. The Morgan fingerprint density at radius 2 is 2.16 bits per heavy atom. The Morgan fingerprint density at radius 1 is 1.26 bits per heavy atom. The maximum absolute atomic E-state index is 12.7. The maximum atomic E-state index is 12.7. The normalized spacial score (nSPS) is 24.5. The van der Waals surface area contributed by atoms with Crippen LogP contribution in [0.15, 0.2) is 58.2 Å². The molecule has 9 heteroatoms. The summed E-state index contributed by atoms with van der Waals surface area (Å²) in [4.78, 5) is 28.0. The molecule has 1 unspecified atom stereocenters. The van der Waals surface area contributed by atoms with Gasteiger partial charge < -0.3 is 9.42 Å². The molecule has 4 aromatic rings. The van der Waals surface area contributed by atoms with Crippen molar-refractivity contribution in [3.8, 4) is 0 Å². The summed E-state index contributed by atoms with van der Waals surface area (Å²) >= 11 is 6.15. The molecule has 1 saturated carbocycles. The maximum Gasteiger partial charge on any atom is 0.263 e. The van der Waals surface area contributed by atoms with Gasteiger partial charge in [0.25, 0.3) is 5.56 Å². The molecule has 2 aliphatic rings. The van der Waals surface area contributed by atoms with Crippen molar-refractivity contribution in [3.63, 3.8) is 0 Å². The average molecular weight is 435 g/mol. The summed E-state index contributed by atoms with van der Waals surface area (Å²) in [6, 6.07) is 11.4. The van der Waals surface area contributed by atoms with Crippen molar-refractivity contribution in [1.82, 2.24) is 24.7 Å². The number of pyridine rings is 1. The van der Waals surface area contributed by atoms with E-state index in [2.05, 4.69) is 38.0 Å². The van der Waals surface area contributed by atoms with Crippen LogP contribution in [0.3, 0.4) is 0 Å². The average Bonchev–Trinajstić information content (AvgIpc) is 3.09. The molecule has 0 spiro atoms. The first-order chi connectivity index (χ1) is 15.0. The fourth-order valence-electron chi connectivity index (χ4n) is 4.96. The highest BCUT2D eigenvalue weighted by Gasteiger charge is 2.68. The fourth-order valence-corrected chi connectivity index (χ4v) is 5.15. The molecule has 1 aliphatic carbocycles. The highest BCUT2D eigenvalue weighted by atomic mass is 35.5. The lowest BCUT2D eigenvalue weighted by atomic mass is 10.1. The predicted molar refractivity (Wildman–Crippen MR) is 115 cm³/mol. The van der Waals surface area contributed by atoms with E-state index in [1.807, 2.05) is 18.2 Å². The highest BCUT2D eigenvalue weighted by molar-refractivity contribution is 6.30. The van der Waals surface area contributed by atoms with Crippen LogP contribution in [0.2, 0.25) is 5.02 Å². The minimum Gasteiger partial charge on any atom is -0.371 e. The van der Waals surface area contributed by atoms with Gasteiger partial charge in [-0.3, -0.25) is 9.36 Å². The molecule has 1 aliphatic heterocycles. The van der Waals surface area contributed by atoms with E-state index in [-0.39, 0.29) is 23.4 Å². The van der Waals surface area contributed by atoms with Gasteiger partial charge in [-0.2, -0.15) is 4.98 Å². The van der Waals surface area contributed by atoms with Crippen molar-refractivity contribution in [2.24, 2.45) is 11.3 Å². The van der Waals surface area contributed by atoms with Gasteiger partial charge >= 0.3 is 0 Å². The second kappa shape index (κ2) is 6.62. The van der Waals surface area contributed by atoms with Crippen molar-refractivity contribution < 1.29 is 4.52 Å². The van der Waals surface area contributed by atoms with Crippen molar-refractivity contribution in [2.75, 3.05) is 18.0 Å². The molecule has 1 saturated heterocycles. The lowest BCUT2D eigenvalue weighted by Crippen LogP contribution is -2.26. The number of fused-ring (bicyclic) bond motifs is 2. The molecule has 6 rings (SSSR count). The number of hydrogen-bond acceptors (Lipinski definition) is 7. The van der Waals surface area contributed by atoms with Gasteiger partial charge in [0.2, 0.25) is 5.89 Å². The van der Waals surface area contributed by atoms with Crippen molar-refractivity contribution >= 4 is 28.3 Å². The number of piperidine rings is 1. The number of halogens is 1. The van der Waals surface area contributed by atoms with E-state index < -0.39 is 0 Å². The Morgan fingerprint density at radius 3 is 2.97 bits per heavy atom. The van der Waals surface area contributed by atoms with Crippen molar-refractivity contribution in [3.05, 3.63) is 76.0 Å². The highest BCUT2D eigenvalue weighted by Crippen LogP contribution is 2.68. The van der Waals surface area contributed by atoms with Crippen molar-refractivity contribution in [2.45, 2.75) is 19.4 Å². The lowest BCUT2D eigenvalue weighted by Gasteiger charge is -2.23. The second-order valence-corrected chi connectivity index (χ2v) is 8.99. The Bertz CT molecular complexity index is 1370. The molecular weight excluding hydrogens is 416 g/mol. The van der Waals surface area contributed by atoms with Gasteiger partial charge in [-0.05, 0) is 36.2 Å². The Kier molecular flexibility index (Phi) is 3.95. The largest absolute Gasteiger partial charge is 0.371 e. The minimum absolute atomic E-state index is 0.108. The molecule has 156 valence electrons. The Hall–Kier alpha value is -3.26. The molecule has 0 radical (unpaired) electrons. The van der Waals surface area contributed by atoms with Gasteiger partial charge in [0.05, 0.1) is 5.39 Å². The summed E-state index contributed by atoms with van der Waals surface area (Å²) in [7, 11) is 0. The second-order valence-electron chi connectivity index (χ2n) is 8.55. The molecule has 3 aromatic heterocycles. The van der Waals surface area contributed by atoms with Crippen LogP contribution in [0.4, 0.5) is 5.69 Å². The molecule has 1 aromatic carbocycles. The molecule has 8 nitrogen and oxygen atoms in total. The van der Waals surface area contributed by atoms with Gasteiger partial charge in [0.15, 0.2) is 11.5 Å². The van der Waals surface area contributed by atoms with Crippen LogP contribution in [-0.4, -0.2) is 37.8 Å². The van der Waals surface area contributed by atoms with Crippen LogP contribution < -0.4 is 10.5 Å². The summed E-state index contributed by atoms with van der Waals surface area (Å²) in [6.45, 7) is 4.32. The van der Waals surface area contributed by atoms with E-state index >= 15 is 0 Å². The first kappa shape index (κ1) is 18.5. The van der Waals surface area contributed by atoms with Crippen LogP contribution in [0, 0.1) is 11.3 Å². The summed E-state index contributed by atoms with van der Waals surface area (Å²) in [5, 5.41) is 5.45. The predicted octanol–water partition coefficient (Wildman–Crippen LogP) is 3.12. The van der Waals surface area contributed by atoms with Crippen LogP contribution in [-0.2, 0) is 6.54 Å². The zero-order valence-electron chi connectivity index (χ0n) is 16.8. The topological polar surface area (TPSA) is 89.9 Å². The summed E-state index contributed by atoms with van der Waals surface area (Å²) in [6.07, 6.45) is 3.08. The van der Waals surface area contributed by atoms with Crippen LogP contribution in [0.5, 0.6) is 0 Å². The number of hydrogen-bond donors (Lipinski definition) is 0. The van der Waals surface area contributed by atoms with Crippen LogP contribution >= 0.6 is 11.6 Å². The zero-order valence-corrected chi connectivity index (χ0v) is 17.5. The molecule has 31 heavy (non-hydrogen) atoms. The molecule has 3 atom stereocenters. The molecule has 0 bridgehead atoms. The van der Waals surface area contributed by atoms with Crippen LogP contribution in [0.25, 0.3) is 11.0 Å². The monoisotopic (exact) mass is 434 g/mol. The number of benzene rings is 1. The van der Waals surface area contributed by atoms with E-state index in [0.29, 0.717) is 22.8 Å². The van der Waals surface area contributed by atoms with E-state index in [1.54, 1.807) is 18.3 Å².